The van der Waals surface area contributed by atoms with E-state index in [-0.39, 0.29) is 11.8 Å². The van der Waals surface area contributed by atoms with Crippen molar-refractivity contribution in [1.29, 1.82) is 0 Å². The Hall–Kier alpha value is -2.22. The quantitative estimate of drug-likeness (QED) is 0.384. The monoisotopic (exact) mass is 493 g/mol. The Labute approximate surface area is 209 Å². The van der Waals surface area contributed by atoms with Gasteiger partial charge in [-0.15, -0.1) is 0 Å². The van der Waals surface area contributed by atoms with Crippen LogP contribution >= 0.6 is 11.8 Å². The van der Waals surface area contributed by atoms with Crippen molar-refractivity contribution >= 4 is 29.7 Å². The summed E-state index contributed by atoms with van der Waals surface area (Å²) in [5.41, 5.74) is 1.15. The molecule has 0 saturated heterocycles. The highest BCUT2D eigenvalue weighted by Crippen LogP contribution is 2.24. The van der Waals surface area contributed by atoms with Crippen LogP contribution in [0.1, 0.15) is 77.5 Å². The third kappa shape index (κ3) is 10.4. The van der Waals surface area contributed by atoms with E-state index in [0.29, 0.717) is 31.7 Å². The molecular formula is C26H43N3O4S. The molecule has 0 aromatic heterocycles. The highest BCUT2D eigenvalue weighted by Gasteiger charge is 2.35. The van der Waals surface area contributed by atoms with Gasteiger partial charge in [0.25, 0.3) is 0 Å². The molecular weight excluding hydrogens is 450 g/mol. The molecule has 0 bridgehead atoms. The largest absolute Gasteiger partial charge is 0.444 e. The lowest BCUT2D eigenvalue weighted by atomic mass is 10.0. The van der Waals surface area contributed by atoms with Crippen LogP contribution in [0.15, 0.2) is 24.3 Å². The Bertz CT molecular complexity index is 777. The second kappa shape index (κ2) is 14.9. The maximum Gasteiger partial charge on any atom is 0.408 e. The third-order valence-corrected chi connectivity index (χ3v) is 5.77. The minimum absolute atomic E-state index is 0.208. The zero-order valence-corrected chi connectivity index (χ0v) is 22.7. The summed E-state index contributed by atoms with van der Waals surface area (Å²) in [6.07, 6.45) is 4.27. The molecule has 0 fully saturated rings. The summed E-state index contributed by atoms with van der Waals surface area (Å²) in [5, 5.41) is 5.75. The normalized spacial score (nSPS) is 13.0. The Morgan fingerprint density at radius 2 is 1.74 bits per heavy atom. The molecule has 0 saturated carbocycles. The molecule has 34 heavy (non-hydrogen) atoms. The molecule has 1 aromatic rings. The van der Waals surface area contributed by atoms with Crippen molar-refractivity contribution in [3.8, 4) is 0 Å². The lowest BCUT2D eigenvalue weighted by molar-refractivity contribution is -0.142. The highest BCUT2D eigenvalue weighted by atomic mass is 32.2. The Morgan fingerprint density at radius 1 is 1.09 bits per heavy atom. The maximum atomic E-state index is 13.8. The van der Waals surface area contributed by atoms with Gasteiger partial charge in [0.05, 0.1) is 0 Å². The van der Waals surface area contributed by atoms with Gasteiger partial charge in [0, 0.05) is 13.1 Å². The summed E-state index contributed by atoms with van der Waals surface area (Å²) in [4.78, 5) is 41.3. The molecule has 0 radical (unpaired) electrons. The number of aryl methyl sites for hydroxylation is 1. The number of amides is 3. The van der Waals surface area contributed by atoms with E-state index in [1.165, 1.54) is 0 Å². The molecule has 7 nitrogen and oxygen atoms in total. The summed E-state index contributed by atoms with van der Waals surface area (Å²) < 4.78 is 5.40. The van der Waals surface area contributed by atoms with E-state index in [2.05, 4.69) is 17.6 Å². The van der Waals surface area contributed by atoms with Crippen molar-refractivity contribution in [2.75, 3.05) is 25.1 Å². The van der Waals surface area contributed by atoms with Gasteiger partial charge >= 0.3 is 6.09 Å². The van der Waals surface area contributed by atoms with Gasteiger partial charge in [-0.3, -0.25) is 9.59 Å². The number of thioether (sulfide) groups is 1. The zero-order valence-electron chi connectivity index (χ0n) is 21.9. The van der Waals surface area contributed by atoms with Crippen LogP contribution in [0.2, 0.25) is 0 Å². The molecule has 2 N–H and O–H groups in total. The lowest BCUT2D eigenvalue weighted by Crippen LogP contribution is -2.53. The summed E-state index contributed by atoms with van der Waals surface area (Å²) >= 11 is 1.60. The predicted molar refractivity (Wildman–Crippen MR) is 140 cm³/mol. The molecule has 8 heteroatoms. The molecule has 1 rings (SSSR count). The minimum atomic E-state index is -0.787. The van der Waals surface area contributed by atoms with Crippen molar-refractivity contribution in [1.82, 2.24) is 15.5 Å². The first-order valence-corrected chi connectivity index (χ1v) is 13.6. The average molecular weight is 494 g/mol. The molecule has 3 amide bonds. The van der Waals surface area contributed by atoms with Crippen molar-refractivity contribution in [2.45, 2.75) is 84.9 Å². The van der Waals surface area contributed by atoms with Crippen LogP contribution in [-0.2, 0) is 14.3 Å². The first kappa shape index (κ1) is 29.8. The first-order chi connectivity index (χ1) is 16.0. The van der Waals surface area contributed by atoms with Gasteiger partial charge in [0.1, 0.15) is 17.7 Å². The average Bonchev–Trinajstić information content (AvgIpc) is 2.76. The van der Waals surface area contributed by atoms with Gasteiger partial charge in [-0.05, 0) is 64.5 Å². The van der Waals surface area contributed by atoms with Crippen molar-refractivity contribution in [3.63, 3.8) is 0 Å². The zero-order chi connectivity index (χ0) is 25.7. The molecule has 0 aliphatic rings. The maximum absolute atomic E-state index is 13.8. The number of ether oxygens (including phenoxy) is 1. The summed E-state index contributed by atoms with van der Waals surface area (Å²) in [6.45, 7) is 12.3. The van der Waals surface area contributed by atoms with Crippen LogP contribution in [-0.4, -0.2) is 59.5 Å². The lowest BCUT2D eigenvalue weighted by Gasteiger charge is -2.34. The SMILES string of the molecule is CCCCNC(=O)C(c1ccc(C)cc1)N(CCC)C(=O)C(CCSC)NC(=O)OC(C)(C)C. The van der Waals surface area contributed by atoms with Crippen molar-refractivity contribution in [3.05, 3.63) is 35.4 Å². The smallest absolute Gasteiger partial charge is 0.408 e. The number of carbonyl (C=O) groups excluding carboxylic acids is 3. The fourth-order valence-corrected chi connectivity index (χ4v) is 3.93. The molecule has 192 valence electrons. The molecule has 0 aliphatic heterocycles. The van der Waals surface area contributed by atoms with Crippen LogP contribution in [0.5, 0.6) is 0 Å². The molecule has 2 unspecified atom stereocenters. The summed E-state index contributed by atoms with van der Waals surface area (Å²) in [7, 11) is 0. The fraction of sp³-hybridized carbons (Fsp3) is 0.654. The van der Waals surface area contributed by atoms with Gasteiger partial charge in [-0.2, -0.15) is 11.8 Å². The number of benzene rings is 1. The van der Waals surface area contributed by atoms with E-state index < -0.39 is 23.8 Å². The minimum Gasteiger partial charge on any atom is -0.444 e. The number of nitrogens with zero attached hydrogens (tertiary/aromatic N) is 1. The summed E-state index contributed by atoms with van der Waals surface area (Å²) in [6, 6.07) is 6.12. The van der Waals surface area contributed by atoms with E-state index in [1.807, 2.05) is 44.4 Å². The Kier molecular flexibility index (Phi) is 13.1. The van der Waals surface area contributed by atoms with Crippen molar-refractivity contribution in [2.24, 2.45) is 0 Å². The van der Waals surface area contributed by atoms with E-state index in [1.54, 1.807) is 37.4 Å². The highest BCUT2D eigenvalue weighted by molar-refractivity contribution is 7.98. The van der Waals surface area contributed by atoms with Gasteiger partial charge in [-0.25, -0.2) is 4.79 Å². The third-order valence-electron chi connectivity index (χ3n) is 5.13. The number of carbonyl (C=O) groups is 3. The number of hydrogen-bond acceptors (Lipinski definition) is 5. The summed E-state index contributed by atoms with van der Waals surface area (Å²) in [5.74, 6) is 0.197. The van der Waals surface area contributed by atoms with Crippen LogP contribution < -0.4 is 10.6 Å². The van der Waals surface area contributed by atoms with Crippen LogP contribution in [0.25, 0.3) is 0 Å². The van der Waals surface area contributed by atoms with Crippen LogP contribution in [0.4, 0.5) is 4.79 Å². The van der Waals surface area contributed by atoms with E-state index >= 15 is 0 Å². The Morgan fingerprint density at radius 3 is 2.26 bits per heavy atom. The second-order valence-electron chi connectivity index (χ2n) is 9.47. The van der Waals surface area contributed by atoms with Crippen LogP contribution in [0, 0.1) is 6.92 Å². The predicted octanol–water partition coefficient (Wildman–Crippen LogP) is 4.84. The standard InChI is InChI=1S/C26H43N3O4S/c1-8-10-16-27-23(30)22(20-13-11-19(3)12-14-20)29(17-9-2)24(31)21(15-18-34-7)28-25(32)33-26(4,5)6/h11-14,21-22H,8-10,15-18H2,1-7H3,(H,27,30)(H,28,32). The van der Waals surface area contributed by atoms with Gasteiger partial charge < -0.3 is 20.3 Å². The van der Waals surface area contributed by atoms with Gasteiger partial charge in [0.15, 0.2) is 0 Å². The molecule has 0 aliphatic carbocycles. The fourth-order valence-electron chi connectivity index (χ4n) is 3.46. The van der Waals surface area contributed by atoms with Crippen molar-refractivity contribution < 1.29 is 19.1 Å². The van der Waals surface area contributed by atoms with Gasteiger partial charge in [0.2, 0.25) is 11.8 Å². The molecule has 1 aromatic carbocycles. The number of rotatable bonds is 13. The van der Waals surface area contributed by atoms with Crippen LogP contribution in [0.3, 0.4) is 0 Å². The molecule has 2 atom stereocenters. The number of alkyl carbamates (subject to hydrolysis) is 1. The Balaban J connectivity index is 3.31. The van der Waals surface area contributed by atoms with E-state index in [4.69, 9.17) is 4.74 Å². The second-order valence-corrected chi connectivity index (χ2v) is 10.5. The van der Waals surface area contributed by atoms with Gasteiger partial charge in [-0.1, -0.05) is 50.1 Å². The topological polar surface area (TPSA) is 87.7 Å². The number of hydrogen-bond donors (Lipinski definition) is 2. The molecule has 0 heterocycles. The van der Waals surface area contributed by atoms with E-state index in [9.17, 15) is 14.4 Å². The number of nitrogens with one attached hydrogen (secondary N) is 2. The molecule has 0 spiro atoms. The number of unbranched alkanes of at least 4 members (excludes halogenated alkanes) is 1. The first-order valence-electron chi connectivity index (χ1n) is 12.2. The van der Waals surface area contributed by atoms with E-state index in [0.717, 1.165) is 24.0 Å².